The Morgan fingerprint density at radius 2 is 2.44 bits per heavy atom. The minimum Gasteiger partial charge on any atom is -0.481 e. The number of halogens is 1. The number of rotatable bonds is 2. The number of aromatic nitrogens is 2. The number of imidazole rings is 1. The third kappa shape index (κ3) is 1.38. The molecule has 4 nitrogen and oxygen atoms in total. The Balaban J connectivity index is 2.03. The molecule has 1 aliphatic carbocycles. The third-order valence-corrected chi connectivity index (χ3v) is 3.23. The lowest BCUT2D eigenvalue weighted by atomic mass is 10.2. The Morgan fingerprint density at radius 1 is 1.62 bits per heavy atom. The van der Waals surface area contributed by atoms with Crippen molar-refractivity contribution < 1.29 is 9.90 Å². The smallest absolute Gasteiger partial charge is 0.307 e. The Kier molecular flexibility index (Phi) is 1.94. The van der Waals surface area contributed by atoms with Crippen LogP contribution in [0.2, 0.25) is 5.02 Å². The second-order valence-electron chi connectivity index (χ2n) is 4.04. The SMILES string of the molecule is O=C(O)C1CC1c1cnc2cc(Cl)ccn12. The van der Waals surface area contributed by atoms with Gasteiger partial charge in [0.1, 0.15) is 5.65 Å². The molecule has 2 atom stereocenters. The van der Waals surface area contributed by atoms with Gasteiger partial charge in [-0.2, -0.15) is 0 Å². The highest BCUT2D eigenvalue weighted by Crippen LogP contribution is 2.47. The van der Waals surface area contributed by atoms with Crippen molar-refractivity contribution in [2.45, 2.75) is 12.3 Å². The predicted octanol–water partition coefficient (Wildman–Crippen LogP) is 2.18. The Labute approximate surface area is 96.5 Å². The molecule has 5 heteroatoms. The molecule has 2 unspecified atom stereocenters. The van der Waals surface area contributed by atoms with Crippen LogP contribution in [0.4, 0.5) is 0 Å². The Morgan fingerprint density at radius 3 is 3.12 bits per heavy atom. The molecule has 2 aromatic heterocycles. The van der Waals surface area contributed by atoms with Crippen molar-refractivity contribution in [3.63, 3.8) is 0 Å². The molecule has 3 rings (SSSR count). The number of hydrogen-bond donors (Lipinski definition) is 1. The molecule has 2 heterocycles. The molecule has 1 aliphatic rings. The molecule has 0 amide bonds. The normalized spacial score (nSPS) is 23.6. The average Bonchev–Trinajstić information content (AvgIpc) is 2.93. The zero-order valence-electron chi connectivity index (χ0n) is 8.30. The minimum atomic E-state index is -0.728. The van der Waals surface area contributed by atoms with E-state index in [2.05, 4.69) is 4.98 Å². The number of pyridine rings is 1. The molecule has 1 saturated carbocycles. The van der Waals surface area contributed by atoms with E-state index in [1.165, 1.54) is 0 Å². The maximum atomic E-state index is 10.8. The van der Waals surface area contributed by atoms with Crippen molar-refractivity contribution in [1.82, 2.24) is 9.38 Å². The quantitative estimate of drug-likeness (QED) is 0.870. The number of fused-ring (bicyclic) bond motifs is 1. The lowest BCUT2D eigenvalue weighted by Gasteiger charge is -1.99. The minimum absolute atomic E-state index is 0.0914. The summed E-state index contributed by atoms with van der Waals surface area (Å²) < 4.78 is 1.90. The molecule has 0 aromatic carbocycles. The van der Waals surface area contributed by atoms with Gasteiger partial charge in [-0.3, -0.25) is 4.79 Å². The zero-order chi connectivity index (χ0) is 11.3. The Hall–Kier alpha value is -1.55. The van der Waals surface area contributed by atoms with E-state index in [4.69, 9.17) is 16.7 Å². The maximum Gasteiger partial charge on any atom is 0.307 e. The topological polar surface area (TPSA) is 54.6 Å². The number of hydrogen-bond acceptors (Lipinski definition) is 2. The van der Waals surface area contributed by atoms with Crippen LogP contribution in [0.3, 0.4) is 0 Å². The van der Waals surface area contributed by atoms with Gasteiger partial charge in [0.25, 0.3) is 0 Å². The highest BCUT2D eigenvalue weighted by Gasteiger charge is 2.45. The summed E-state index contributed by atoms with van der Waals surface area (Å²) in [6, 6.07) is 3.54. The summed E-state index contributed by atoms with van der Waals surface area (Å²) in [4.78, 5) is 15.0. The van der Waals surface area contributed by atoms with E-state index in [1.54, 1.807) is 18.3 Å². The summed E-state index contributed by atoms with van der Waals surface area (Å²) in [6.07, 6.45) is 4.27. The first-order valence-electron chi connectivity index (χ1n) is 5.02. The van der Waals surface area contributed by atoms with E-state index in [1.807, 2.05) is 10.6 Å². The third-order valence-electron chi connectivity index (χ3n) is 2.99. The number of aliphatic carboxylic acids is 1. The van der Waals surface area contributed by atoms with Crippen LogP contribution in [0.1, 0.15) is 18.0 Å². The standard InChI is InChI=1S/C11H9ClN2O2/c12-6-1-2-14-9(5-13-10(14)3-6)7-4-8(7)11(15)16/h1-3,5,7-8H,4H2,(H,15,16). The van der Waals surface area contributed by atoms with Crippen molar-refractivity contribution >= 4 is 23.2 Å². The molecule has 16 heavy (non-hydrogen) atoms. The van der Waals surface area contributed by atoms with Gasteiger partial charge in [-0.15, -0.1) is 0 Å². The molecule has 0 aliphatic heterocycles. The van der Waals surface area contributed by atoms with Gasteiger partial charge in [0.15, 0.2) is 0 Å². The molecule has 2 aromatic rings. The monoisotopic (exact) mass is 236 g/mol. The van der Waals surface area contributed by atoms with Crippen molar-refractivity contribution in [3.05, 3.63) is 35.2 Å². The van der Waals surface area contributed by atoms with Gasteiger partial charge >= 0.3 is 5.97 Å². The van der Waals surface area contributed by atoms with Gasteiger partial charge in [0.05, 0.1) is 5.92 Å². The zero-order valence-corrected chi connectivity index (χ0v) is 9.05. The fraction of sp³-hybridized carbons (Fsp3) is 0.273. The second-order valence-corrected chi connectivity index (χ2v) is 4.48. The van der Waals surface area contributed by atoms with Crippen LogP contribution in [0, 0.1) is 5.92 Å². The van der Waals surface area contributed by atoms with Crippen LogP contribution < -0.4 is 0 Å². The van der Waals surface area contributed by atoms with Crippen LogP contribution in [0.25, 0.3) is 5.65 Å². The Bertz CT molecular complexity index is 578. The number of carboxylic acids is 1. The number of nitrogens with zero attached hydrogens (tertiary/aromatic N) is 2. The van der Waals surface area contributed by atoms with E-state index < -0.39 is 5.97 Å². The maximum absolute atomic E-state index is 10.8. The molecule has 0 radical (unpaired) electrons. The van der Waals surface area contributed by atoms with Crippen molar-refractivity contribution in [2.75, 3.05) is 0 Å². The first-order chi connectivity index (χ1) is 7.66. The van der Waals surface area contributed by atoms with Gasteiger partial charge in [0.2, 0.25) is 0 Å². The van der Waals surface area contributed by atoms with Crippen LogP contribution >= 0.6 is 11.6 Å². The predicted molar refractivity (Wildman–Crippen MR) is 58.7 cm³/mol. The van der Waals surface area contributed by atoms with Crippen molar-refractivity contribution in [1.29, 1.82) is 0 Å². The largest absolute Gasteiger partial charge is 0.481 e. The van der Waals surface area contributed by atoms with Crippen LogP contribution in [-0.2, 0) is 4.79 Å². The summed E-state index contributed by atoms with van der Waals surface area (Å²) in [5.41, 5.74) is 1.72. The van der Waals surface area contributed by atoms with E-state index in [0.717, 1.165) is 11.3 Å². The highest BCUT2D eigenvalue weighted by atomic mass is 35.5. The fourth-order valence-electron chi connectivity index (χ4n) is 2.04. The molecular formula is C11H9ClN2O2. The molecule has 1 fully saturated rings. The van der Waals surface area contributed by atoms with Gasteiger partial charge in [-0.05, 0) is 18.6 Å². The van der Waals surface area contributed by atoms with E-state index >= 15 is 0 Å². The fourth-order valence-corrected chi connectivity index (χ4v) is 2.20. The molecule has 82 valence electrons. The average molecular weight is 237 g/mol. The highest BCUT2D eigenvalue weighted by molar-refractivity contribution is 6.30. The summed E-state index contributed by atoms with van der Waals surface area (Å²) in [5, 5.41) is 9.52. The molecule has 0 spiro atoms. The number of carbonyl (C=O) groups is 1. The number of carboxylic acid groups (broad SMARTS) is 1. The lowest BCUT2D eigenvalue weighted by Crippen LogP contribution is -2.00. The van der Waals surface area contributed by atoms with Crippen LogP contribution in [0.15, 0.2) is 24.5 Å². The van der Waals surface area contributed by atoms with Crippen molar-refractivity contribution in [2.24, 2.45) is 5.92 Å². The molecule has 0 saturated heterocycles. The first kappa shape index (κ1) is 9.66. The summed E-state index contributed by atoms with van der Waals surface area (Å²) >= 11 is 5.85. The molecular weight excluding hydrogens is 228 g/mol. The summed E-state index contributed by atoms with van der Waals surface area (Å²) in [7, 11) is 0. The van der Waals surface area contributed by atoms with E-state index in [9.17, 15) is 4.79 Å². The van der Waals surface area contributed by atoms with Crippen LogP contribution in [0.5, 0.6) is 0 Å². The van der Waals surface area contributed by atoms with Gasteiger partial charge in [-0.1, -0.05) is 11.6 Å². The summed E-state index contributed by atoms with van der Waals surface area (Å²) in [5.74, 6) is -0.891. The second kappa shape index (κ2) is 3.22. The first-order valence-corrected chi connectivity index (χ1v) is 5.40. The lowest BCUT2D eigenvalue weighted by molar-refractivity contribution is -0.138. The van der Waals surface area contributed by atoms with Gasteiger partial charge in [-0.25, -0.2) is 4.98 Å². The summed E-state index contributed by atoms with van der Waals surface area (Å²) in [6.45, 7) is 0. The van der Waals surface area contributed by atoms with Gasteiger partial charge < -0.3 is 9.51 Å². The van der Waals surface area contributed by atoms with Gasteiger partial charge in [0, 0.05) is 29.0 Å². The van der Waals surface area contributed by atoms with Crippen LogP contribution in [-0.4, -0.2) is 20.5 Å². The van der Waals surface area contributed by atoms with E-state index in [-0.39, 0.29) is 11.8 Å². The molecule has 1 N–H and O–H groups in total. The van der Waals surface area contributed by atoms with E-state index in [0.29, 0.717) is 11.4 Å². The molecule has 0 bridgehead atoms. The van der Waals surface area contributed by atoms with Crippen molar-refractivity contribution in [3.8, 4) is 0 Å².